The van der Waals surface area contributed by atoms with E-state index in [9.17, 15) is 9.59 Å². The molecule has 5 aromatic rings. The van der Waals surface area contributed by atoms with E-state index >= 15 is 0 Å². The number of fused-ring (bicyclic) bond motifs is 1. The smallest absolute Gasteiger partial charge is 0.254 e. The number of piperidine rings is 1. The molecule has 1 amide bonds. The quantitative estimate of drug-likeness (QED) is 0.325. The predicted molar refractivity (Wildman–Crippen MR) is 153 cm³/mol. The van der Waals surface area contributed by atoms with Crippen LogP contribution in [0.5, 0.6) is 5.75 Å². The Hall–Kier alpha value is -5.39. The molecule has 3 aromatic heterocycles. The van der Waals surface area contributed by atoms with Gasteiger partial charge in [0.1, 0.15) is 22.9 Å². The maximum Gasteiger partial charge on any atom is 0.254 e. The first kappa shape index (κ1) is 25.6. The van der Waals surface area contributed by atoms with Gasteiger partial charge in [-0.2, -0.15) is 5.10 Å². The standard InChI is InChI=1S/C30H27N9O3/c1-38-27(9-12-31-38)32-21-7-8-26-22(17-21)25(40)18-30(42-26)10-13-39(14-11-30)29(41)20-15-23(19-5-3-2-4-6-19)33-24(16-20)28-34-36-37-35-28/h2-9,12,15-17,32H,10-11,13-14,18H2,1H3,(H,34,35,36,37). The molecule has 0 radical (unpaired) electrons. The Morgan fingerprint density at radius 1 is 1.02 bits per heavy atom. The molecule has 0 bridgehead atoms. The third-order valence-corrected chi connectivity index (χ3v) is 7.87. The van der Waals surface area contributed by atoms with Crippen LogP contribution in [-0.4, -0.2) is 70.7 Å². The van der Waals surface area contributed by atoms with Crippen LogP contribution < -0.4 is 10.1 Å². The molecule has 2 N–H and O–H groups in total. The number of carbonyl (C=O) groups is 2. The van der Waals surface area contributed by atoms with Crippen LogP contribution in [-0.2, 0) is 7.05 Å². The largest absolute Gasteiger partial charge is 0.486 e. The number of aromatic nitrogens is 7. The number of ketones is 1. The number of anilines is 2. The van der Waals surface area contributed by atoms with E-state index in [1.807, 2.05) is 66.5 Å². The summed E-state index contributed by atoms with van der Waals surface area (Å²) in [5, 5.41) is 21.5. The molecule has 2 aliphatic rings. The maximum absolute atomic E-state index is 13.7. The van der Waals surface area contributed by atoms with Crippen LogP contribution in [0.4, 0.5) is 11.5 Å². The number of hydrogen-bond acceptors (Lipinski definition) is 9. The number of ether oxygens (including phenoxy) is 1. The monoisotopic (exact) mass is 561 g/mol. The topological polar surface area (TPSA) is 144 Å². The zero-order chi connectivity index (χ0) is 28.7. The minimum atomic E-state index is -0.637. The van der Waals surface area contributed by atoms with Crippen LogP contribution >= 0.6 is 0 Å². The first-order valence-corrected chi connectivity index (χ1v) is 13.7. The van der Waals surface area contributed by atoms with Crippen molar-refractivity contribution < 1.29 is 14.3 Å². The highest BCUT2D eigenvalue weighted by Crippen LogP contribution is 2.41. The highest BCUT2D eigenvalue weighted by atomic mass is 16.5. The van der Waals surface area contributed by atoms with E-state index in [2.05, 4.69) is 31.0 Å². The van der Waals surface area contributed by atoms with Crippen molar-refractivity contribution in [1.29, 1.82) is 0 Å². The lowest BCUT2D eigenvalue weighted by atomic mass is 9.82. The van der Waals surface area contributed by atoms with Gasteiger partial charge in [0.25, 0.3) is 5.91 Å². The molecule has 12 heteroatoms. The number of carbonyl (C=O) groups excluding carboxylic acids is 2. The third kappa shape index (κ3) is 4.76. The van der Waals surface area contributed by atoms with Crippen molar-refractivity contribution >= 4 is 23.2 Å². The summed E-state index contributed by atoms with van der Waals surface area (Å²) in [5.41, 5.74) is 3.21. The van der Waals surface area contributed by atoms with E-state index < -0.39 is 5.60 Å². The molecule has 2 aliphatic heterocycles. The highest BCUT2D eigenvalue weighted by molar-refractivity contribution is 6.01. The number of benzene rings is 2. The molecular formula is C30H27N9O3. The van der Waals surface area contributed by atoms with Crippen LogP contribution in [0.15, 0.2) is 72.9 Å². The van der Waals surface area contributed by atoms with Gasteiger partial charge in [0.05, 0.1) is 23.9 Å². The minimum absolute atomic E-state index is 0.0385. The van der Waals surface area contributed by atoms with E-state index in [4.69, 9.17) is 9.72 Å². The van der Waals surface area contributed by atoms with Crippen LogP contribution in [0.25, 0.3) is 22.8 Å². The zero-order valence-electron chi connectivity index (χ0n) is 22.8. The van der Waals surface area contributed by atoms with Crippen molar-refractivity contribution in [2.45, 2.75) is 24.9 Å². The fourth-order valence-corrected chi connectivity index (χ4v) is 5.59. The van der Waals surface area contributed by atoms with Gasteiger partial charge in [0, 0.05) is 55.9 Å². The van der Waals surface area contributed by atoms with E-state index in [-0.39, 0.29) is 18.1 Å². The molecule has 210 valence electrons. The van der Waals surface area contributed by atoms with Crippen molar-refractivity contribution in [2.75, 3.05) is 18.4 Å². The average Bonchev–Trinajstić information content (AvgIpc) is 3.70. The van der Waals surface area contributed by atoms with Crippen LogP contribution in [0.1, 0.15) is 40.0 Å². The number of Topliss-reactive ketones (excluding diaryl/α,β-unsaturated/α-hetero) is 1. The fourth-order valence-electron chi connectivity index (χ4n) is 5.59. The Morgan fingerprint density at radius 2 is 1.83 bits per heavy atom. The van der Waals surface area contributed by atoms with Gasteiger partial charge < -0.3 is 15.0 Å². The number of H-pyrrole nitrogens is 1. The molecule has 0 saturated carbocycles. The molecular weight excluding hydrogens is 534 g/mol. The second-order valence-corrected chi connectivity index (χ2v) is 10.6. The van der Waals surface area contributed by atoms with E-state index in [0.717, 1.165) is 17.1 Å². The van der Waals surface area contributed by atoms with Crippen LogP contribution in [0.2, 0.25) is 0 Å². The van der Waals surface area contributed by atoms with Crippen molar-refractivity contribution in [3.8, 4) is 28.5 Å². The first-order chi connectivity index (χ1) is 20.5. The summed E-state index contributed by atoms with van der Waals surface area (Å²) in [6.07, 6.45) is 3.08. The first-order valence-electron chi connectivity index (χ1n) is 13.7. The van der Waals surface area contributed by atoms with Crippen molar-refractivity contribution in [3.05, 3.63) is 84.1 Å². The number of amides is 1. The van der Waals surface area contributed by atoms with Crippen LogP contribution in [0.3, 0.4) is 0 Å². The average molecular weight is 562 g/mol. The second-order valence-electron chi connectivity index (χ2n) is 10.6. The van der Waals surface area contributed by atoms with Crippen LogP contribution in [0, 0.1) is 0 Å². The fraction of sp³-hybridized carbons (Fsp3) is 0.233. The van der Waals surface area contributed by atoms with E-state index in [0.29, 0.717) is 60.0 Å². The van der Waals surface area contributed by atoms with Gasteiger partial charge in [-0.3, -0.25) is 14.3 Å². The molecule has 0 aliphatic carbocycles. The van der Waals surface area contributed by atoms with Gasteiger partial charge in [-0.1, -0.05) is 30.3 Å². The summed E-state index contributed by atoms with van der Waals surface area (Å²) < 4.78 is 8.21. The van der Waals surface area contributed by atoms with Crippen molar-refractivity contribution in [3.63, 3.8) is 0 Å². The molecule has 12 nitrogen and oxygen atoms in total. The van der Waals surface area contributed by atoms with Gasteiger partial charge in [-0.15, -0.1) is 5.10 Å². The number of pyridine rings is 1. The molecule has 1 saturated heterocycles. The lowest BCUT2D eigenvalue weighted by Crippen LogP contribution is -2.52. The van der Waals surface area contributed by atoms with Crippen molar-refractivity contribution in [1.82, 2.24) is 40.3 Å². The summed E-state index contributed by atoms with van der Waals surface area (Å²) in [5.74, 6) is 1.70. The third-order valence-electron chi connectivity index (χ3n) is 7.87. The number of rotatable bonds is 5. The molecule has 7 rings (SSSR count). The summed E-state index contributed by atoms with van der Waals surface area (Å²) in [7, 11) is 1.85. The summed E-state index contributed by atoms with van der Waals surface area (Å²) in [4.78, 5) is 33.6. The molecule has 1 spiro atoms. The highest BCUT2D eigenvalue weighted by Gasteiger charge is 2.44. The zero-order valence-corrected chi connectivity index (χ0v) is 22.8. The molecule has 0 atom stereocenters. The Labute approximate surface area is 240 Å². The lowest BCUT2D eigenvalue weighted by molar-refractivity contribution is -0.00569. The Balaban J connectivity index is 1.09. The number of nitrogens with one attached hydrogen (secondary N) is 2. The number of aromatic amines is 1. The molecule has 0 unspecified atom stereocenters. The minimum Gasteiger partial charge on any atom is -0.486 e. The van der Waals surface area contributed by atoms with E-state index in [1.165, 1.54) is 0 Å². The lowest BCUT2D eigenvalue weighted by Gasteiger charge is -2.44. The van der Waals surface area contributed by atoms with Gasteiger partial charge >= 0.3 is 0 Å². The second kappa shape index (κ2) is 10.2. The molecule has 1 fully saturated rings. The number of hydrogen-bond donors (Lipinski definition) is 2. The molecule has 42 heavy (non-hydrogen) atoms. The predicted octanol–water partition coefficient (Wildman–Crippen LogP) is 4.05. The number of tetrazole rings is 1. The van der Waals surface area contributed by atoms with Gasteiger partial charge in [0.2, 0.25) is 0 Å². The maximum atomic E-state index is 13.7. The number of nitrogens with zero attached hydrogens (tertiary/aromatic N) is 7. The van der Waals surface area contributed by atoms with E-state index in [1.54, 1.807) is 23.0 Å². The summed E-state index contributed by atoms with van der Waals surface area (Å²) >= 11 is 0. The Bertz CT molecular complexity index is 1780. The Morgan fingerprint density at radius 3 is 2.57 bits per heavy atom. The van der Waals surface area contributed by atoms with Crippen molar-refractivity contribution in [2.24, 2.45) is 7.05 Å². The molecule has 2 aromatic carbocycles. The normalized spacial score (nSPS) is 15.7. The van der Waals surface area contributed by atoms with Gasteiger partial charge in [-0.05, 0) is 40.8 Å². The summed E-state index contributed by atoms with van der Waals surface area (Å²) in [6, 6.07) is 20.6. The summed E-state index contributed by atoms with van der Waals surface area (Å²) in [6.45, 7) is 0.924. The SMILES string of the molecule is Cn1nccc1Nc1ccc2c(c1)C(=O)CC1(CCN(C(=O)c3cc(-c4ccccc4)nc(-c4nnn[nH]4)c3)CC1)O2. The van der Waals surface area contributed by atoms with Gasteiger partial charge in [0.15, 0.2) is 11.6 Å². The number of likely N-dealkylation sites (tertiary alicyclic amines) is 1. The van der Waals surface area contributed by atoms with Gasteiger partial charge in [-0.25, -0.2) is 10.1 Å². The molecule has 5 heterocycles. The number of aryl methyl sites for hydroxylation is 1. The Kier molecular flexibility index (Phi) is 6.22.